The first kappa shape index (κ1) is 19.6. The van der Waals surface area contributed by atoms with Crippen molar-refractivity contribution in [1.29, 1.82) is 0 Å². The molecule has 0 radical (unpaired) electrons. The van der Waals surface area contributed by atoms with Crippen LogP contribution in [0.1, 0.15) is 31.1 Å². The normalized spacial score (nSPS) is 10.2. The first-order valence-corrected chi connectivity index (χ1v) is 9.32. The van der Waals surface area contributed by atoms with Crippen LogP contribution in [0.15, 0.2) is 72.8 Å². The van der Waals surface area contributed by atoms with Crippen LogP contribution >= 0.6 is 22.6 Å². The Labute approximate surface area is 174 Å². The molecular formula is C21H15IN2O4. The number of benzene rings is 3. The minimum absolute atomic E-state index is 0.128. The van der Waals surface area contributed by atoms with E-state index in [1.807, 2.05) is 6.07 Å². The third-order valence-electron chi connectivity index (χ3n) is 3.90. The Bertz CT molecular complexity index is 1050. The number of halogens is 1. The summed E-state index contributed by atoms with van der Waals surface area (Å²) < 4.78 is 0.932. The summed E-state index contributed by atoms with van der Waals surface area (Å²) in [6.45, 7) is 0. The molecule has 3 aromatic carbocycles. The first-order chi connectivity index (χ1) is 13.4. The van der Waals surface area contributed by atoms with Gasteiger partial charge in [-0.2, -0.15) is 0 Å². The van der Waals surface area contributed by atoms with Crippen molar-refractivity contribution < 1.29 is 19.5 Å². The van der Waals surface area contributed by atoms with Gasteiger partial charge in [-0.15, -0.1) is 0 Å². The number of carbonyl (C=O) groups excluding carboxylic acids is 2. The molecule has 0 aliphatic rings. The fourth-order valence-electron chi connectivity index (χ4n) is 2.51. The number of hydrogen-bond acceptors (Lipinski definition) is 3. The number of aromatic carboxylic acids is 1. The lowest BCUT2D eigenvalue weighted by Crippen LogP contribution is -2.18. The minimum atomic E-state index is -1.04. The molecule has 0 aliphatic carbocycles. The topological polar surface area (TPSA) is 95.5 Å². The second kappa shape index (κ2) is 8.66. The van der Waals surface area contributed by atoms with Gasteiger partial charge in [0.2, 0.25) is 0 Å². The Morgan fingerprint density at radius 3 is 2.14 bits per heavy atom. The molecule has 7 heteroatoms. The van der Waals surface area contributed by atoms with Crippen molar-refractivity contribution in [3.05, 3.63) is 93.1 Å². The summed E-state index contributed by atoms with van der Waals surface area (Å²) in [6.07, 6.45) is 0. The number of nitrogens with one attached hydrogen (secondary N) is 2. The van der Waals surface area contributed by atoms with Crippen LogP contribution in [0.5, 0.6) is 0 Å². The molecule has 0 heterocycles. The Morgan fingerprint density at radius 2 is 1.46 bits per heavy atom. The Hall–Kier alpha value is -3.20. The minimum Gasteiger partial charge on any atom is -0.478 e. The van der Waals surface area contributed by atoms with E-state index in [-0.39, 0.29) is 11.5 Å². The lowest BCUT2D eigenvalue weighted by Gasteiger charge is -2.12. The molecule has 3 N–H and O–H groups in total. The van der Waals surface area contributed by atoms with E-state index in [1.165, 1.54) is 24.3 Å². The Balaban J connectivity index is 1.78. The molecule has 0 spiro atoms. The van der Waals surface area contributed by atoms with E-state index in [0.717, 1.165) is 3.57 Å². The third-order valence-corrected chi connectivity index (χ3v) is 4.57. The summed E-state index contributed by atoms with van der Waals surface area (Å²) in [6, 6.07) is 19.6. The standard InChI is InChI=1S/C21H15IN2O4/c22-15-5-3-4-14(12-15)19(25)24-18-7-2-1-6-17(18)20(26)23-16-10-8-13(9-11-16)21(27)28/h1-12H,(H,23,26)(H,24,25)(H,27,28). The van der Waals surface area contributed by atoms with E-state index in [9.17, 15) is 14.4 Å². The van der Waals surface area contributed by atoms with Crippen LogP contribution in [-0.4, -0.2) is 22.9 Å². The van der Waals surface area contributed by atoms with Crippen molar-refractivity contribution >= 4 is 51.7 Å². The summed E-state index contributed by atoms with van der Waals surface area (Å²) in [5, 5.41) is 14.4. The summed E-state index contributed by atoms with van der Waals surface area (Å²) in [4.78, 5) is 36.1. The fourth-order valence-corrected chi connectivity index (χ4v) is 3.05. The van der Waals surface area contributed by atoms with Gasteiger partial charge in [-0.1, -0.05) is 18.2 Å². The van der Waals surface area contributed by atoms with Crippen molar-refractivity contribution in [2.75, 3.05) is 10.6 Å². The van der Waals surface area contributed by atoms with Crippen LogP contribution in [-0.2, 0) is 0 Å². The van der Waals surface area contributed by atoms with Crippen molar-refractivity contribution in [2.24, 2.45) is 0 Å². The predicted molar refractivity (Wildman–Crippen MR) is 115 cm³/mol. The monoisotopic (exact) mass is 486 g/mol. The maximum absolute atomic E-state index is 12.6. The van der Waals surface area contributed by atoms with Gasteiger partial charge < -0.3 is 15.7 Å². The van der Waals surface area contributed by atoms with E-state index < -0.39 is 11.9 Å². The molecule has 6 nitrogen and oxygen atoms in total. The maximum atomic E-state index is 12.6. The molecule has 0 saturated carbocycles. The molecular weight excluding hydrogens is 471 g/mol. The predicted octanol–water partition coefficient (Wildman–Crippen LogP) is 4.49. The van der Waals surface area contributed by atoms with Crippen LogP contribution in [0.3, 0.4) is 0 Å². The molecule has 0 aromatic heterocycles. The number of anilines is 2. The molecule has 3 aromatic rings. The van der Waals surface area contributed by atoms with Crippen LogP contribution in [0.25, 0.3) is 0 Å². The van der Waals surface area contributed by atoms with Gasteiger partial charge in [-0.05, 0) is 77.2 Å². The third kappa shape index (κ3) is 4.74. The number of para-hydroxylation sites is 1. The Kier molecular flexibility index (Phi) is 6.05. The number of carbonyl (C=O) groups is 3. The van der Waals surface area contributed by atoms with Crippen molar-refractivity contribution in [2.45, 2.75) is 0 Å². The molecule has 0 saturated heterocycles. The number of rotatable bonds is 5. The van der Waals surface area contributed by atoms with Crippen LogP contribution < -0.4 is 10.6 Å². The Morgan fingerprint density at radius 1 is 0.750 bits per heavy atom. The number of carboxylic acids is 1. The lowest BCUT2D eigenvalue weighted by atomic mass is 10.1. The van der Waals surface area contributed by atoms with Crippen molar-refractivity contribution in [1.82, 2.24) is 0 Å². The van der Waals surface area contributed by atoms with Crippen molar-refractivity contribution in [3.63, 3.8) is 0 Å². The van der Waals surface area contributed by atoms with Gasteiger partial charge in [-0.3, -0.25) is 9.59 Å². The molecule has 0 fully saturated rings. The number of carboxylic acid groups (broad SMARTS) is 1. The molecule has 28 heavy (non-hydrogen) atoms. The zero-order valence-corrected chi connectivity index (χ0v) is 16.6. The number of hydrogen-bond donors (Lipinski definition) is 3. The highest BCUT2D eigenvalue weighted by Gasteiger charge is 2.15. The van der Waals surface area contributed by atoms with Gasteiger partial charge in [0.05, 0.1) is 16.8 Å². The van der Waals surface area contributed by atoms with Gasteiger partial charge in [0.15, 0.2) is 0 Å². The van der Waals surface area contributed by atoms with E-state index >= 15 is 0 Å². The number of amides is 2. The molecule has 3 rings (SSSR count). The maximum Gasteiger partial charge on any atom is 0.335 e. The molecule has 2 amide bonds. The van der Waals surface area contributed by atoms with Crippen LogP contribution in [0.4, 0.5) is 11.4 Å². The molecule has 0 bridgehead atoms. The van der Waals surface area contributed by atoms with E-state index in [1.54, 1.807) is 42.5 Å². The average Bonchev–Trinajstić information content (AvgIpc) is 2.68. The molecule has 0 unspecified atom stereocenters. The largest absolute Gasteiger partial charge is 0.478 e. The second-order valence-electron chi connectivity index (χ2n) is 5.85. The van der Waals surface area contributed by atoms with Gasteiger partial charge in [-0.25, -0.2) is 4.79 Å². The van der Waals surface area contributed by atoms with E-state index in [4.69, 9.17) is 5.11 Å². The van der Waals surface area contributed by atoms with Crippen LogP contribution in [0, 0.1) is 3.57 Å². The van der Waals surface area contributed by atoms with Gasteiger partial charge >= 0.3 is 5.97 Å². The quantitative estimate of drug-likeness (QED) is 0.463. The fraction of sp³-hybridized carbons (Fsp3) is 0. The van der Waals surface area contributed by atoms with Gasteiger partial charge in [0.25, 0.3) is 11.8 Å². The zero-order chi connectivity index (χ0) is 20.1. The lowest BCUT2D eigenvalue weighted by molar-refractivity contribution is 0.0696. The summed E-state index contributed by atoms with van der Waals surface area (Å²) in [5.74, 6) is -1.77. The van der Waals surface area contributed by atoms with Crippen LogP contribution in [0.2, 0.25) is 0 Å². The average molecular weight is 486 g/mol. The second-order valence-corrected chi connectivity index (χ2v) is 7.09. The van der Waals surface area contributed by atoms with E-state index in [2.05, 4.69) is 33.2 Å². The highest BCUT2D eigenvalue weighted by Crippen LogP contribution is 2.19. The molecule has 0 aliphatic heterocycles. The molecule has 0 atom stereocenters. The highest BCUT2D eigenvalue weighted by molar-refractivity contribution is 14.1. The first-order valence-electron chi connectivity index (χ1n) is 8.25. The smallest absolute Gasteiger partial charge is 0.335 e. The van der Waals surface area contributed by atoms with Gasteiger partial charge in [0, 0.05) is 14.8 Å². The summed E-state index contributed by atoms with van der Waals surface area (Å²) >= 11 is 2.12. The highest BCUT2D eigenvalue weighted by atomic mass is 127. The molecule has 140 valence electrons. The zero-order valence-electron chi connectivity index (χ0n) is 14.5. The van der Waals surface area contributed by atoms with E-state index in [0.29, 0.717) is 22.5 Å². The van der Waals surface area contributed by atoms with Gasteiger partial charge in [0.1, 0.15) is 0 Å². The SMILES string of the molecule is O=C(O)c1ccc(NC(=O)c2ccccc2NC(=O)c2cccc(I)c2)cc1. The summed E-state index contributed by atoms with van der Waals surface area (Å²) in [5.41, 5.74) is 1.75. The summed E-state index contributed by atoms with van der Waals surface area (Å²) in [7, 11) is 0. The van der Waals surface area contributed by atoms with Crippen molar-refractivity contribution in [3.8, 4) is 0 Å².